The second kappa shape index (κ2) is 7.71. The van der Waals surface area contributed by atoms with Gasteiger partial charge in [0.1, 0.15) is 5.82 Å². The van der Waals surface area contributed by atoms with E-state index in [0.29, 0.717) is 61.3 Å². The normalized spacial score (nSPS) is 16.1. The van der Waals surface area contributed by atoms with Crippen molar-refractivity contribution in [3.05, 3.63) is 59.7 Å². The lowest BCUT2D eigenvalue weighted by atomic mass is 10.1. The van der Waals surface area contributed by atoms with Crippen LogP contribution >= 0.6 is 0 Å². The van der Waals surface area contributed by atoms with Gasteiger partial charge in [-0.15, -0.1) is 5.10 Å². The van der Waals surface area contributed by atoms with Crippen LogP contribution < -0.4 is 9.47 Å². The lowest BCUT2D eigenvalue weighted by Crippen LogP contribution is -2.48. The molecule has 0 atom stereocenters. The number of nitrogens with zero attached hydrogens (tertiary/aromatic N) is 6. The Morgan fingerprint density at radius 2 is 1.87 bits per heavy atom. The highest BCUT2D eigenvalue weighted by Crippen LogP contribution is 2.32. The third-order valence-electron chi connectivity index (χ3n) is 5.23. The molecule has 30 heavy (non-hydrogen) atoms. The van der Waals surface area contributed by atoms with Crippen molar-refractivity contribution < 1.29 is 18.7 Å². The van der Waals surface area contributed by atoms with Gasteiger partial charge in [0, 0.05) is 31.7 Å². The lowest BCUT2D eigenvalue weighted by molar-refractivity contribution is 0.0624. The number of ether oxygens (including phenoxy) is 2. The van der Waals surface area contributed by atoms with Gasteiger partial charge in [0.15, 0.2) is 17.3 Å². The fourth-order valence-corrected chi connectivity index (χ4v) is 3.63. The molecule has 2 aliphatic rings. The molecular weight excluding hydrogens is 391 g/mol. The molecule has 1 aromatic heterocycles. The monoisotopic (exact) mass is 410 g/mol. The summed E-state index contributed by atoms with van der Waals surface area (Å²) in [6, 6.07) is 11.4. The molecule has 0 saturated carbocycles. The van der Waals surface area contributed by atoms with Crippen LogP contribution in [0.1, 0.15) is 16.2 Å². The van der Waals surface area contributed by atoms with Crippen LogP contribution in [-0.2, 0) is 6.54 Å². The molecule has 154 valence electrons. The average Bonchev–Trinajstić information content (AvgIpc) is 3.42. The van der Waals surface area contributed by atoms with Crippen LogP contribution in [0.4, 0.5) is 4.39 Å². The first-order valence-corrected chi connectivity index (χ1v) is 9.62. The van der Waals surface area contributed by atoms with Gasteiger partial charge in [0.2, 0.25) is 6.79 Å². The quantitative estimate of drug-likeness (QED) is 0.644. The maximum Gasteiger partial charge on any atom is 0.254 e. The van der Waals surface area contributed by atoms with Gasteiger partial charge in [-0.3, -0.25) is 9.69 Å². The third-order valence-corrected chi connectivity index (χ3v) is 5.23. The van der Waals surface area contributed by atoms with Crippen molar-refractivity contribution in [2.24, 2.45) is 0 Å². The summed E-state index contributed by atoms with van der Waals surface area (Å²) in [4.78, 5) is 16.8. The molecule has 2 aromatic carbocycles. The largest absolute Gasteiger partial charge is 0.454 e. The van der Waals surface area contributed by atoms with Gasteiger partial charge in [-0.2, -0.15) is 4.68 Å². The van der Waals surface area contributed by atoms with Crippen LogP contribution in [0, 0.1) is 5.82 Å². The summed E-state index contributed by atoms with van der Waals surface area (Å²) >= 11 is 0. The number of rotatable bonds is 4. The minimum atomic E-state index is -0.343. The van der Waals surface area contributed by atoms with Gasteiger partial charge in [0.05, 0.1) is 12.2 Å². The highest BCUT2D eigenvalue weighted by molar-refractivity contribution is 5.95. The lowest BCUT2D eigenvalue weighted by Gasteiger charge is -2.34. The zero-order valence-electron chi connectivity index (χ0n) is 16.1. The first-order chi connectivity index (χ1) is 14.7. The summed E-state index contributed by atoms with van der Waals surface area (Å²) in [5, 5.41) is 11.8. The molecule has 0 N–H and O–H groups in total. The Kier molecular flexibility index (Phi) is 4.75. The molecule has 1 amide bonds. The minimum absolute atomic E-state index is 0.0301. The van der Waals surface area contributed by atoms with E-state index in [1.165, 1.54) is 16.8 Å². The Morgan fingerprint density at radius 1 is 1.03 bits per heavy atom. The summed E-state index contributed by atoms with van der Waals surface area (Å²) in [5.41, 5.74) is 1.16. The van der Waals surface area contributed by atoms with E-state index in [1.807, 2.05) is 4.90 Å². The second-order valence-corrected chi connectivity index (χ2v) is 7.12. The van der Waals surface area contributed by atoms with Gasteiger partial charge in [-0.05, 0) is 46.8 Å². The summed E-state index contributed by atoms with van der Waals surface area (Å²) in [6.45, 7) is 3.25. The number of tetrazole rings is 1. The predicted molar refractivity (Wildman–Crippen MR) is 103 cm³/mol. The predicted octanol–water partition coefficient (Wildman–Crippen LogP) is 1.49. The number of aromatic nitrogens is 4. The van der Waals surface area contributed by atoms with E-state index in [1.54, 1.807) is 30.3 Å². The average molecular weight is 410 g/mol. The molecule has 9 nitrogen and oxygen atoms in total. The number of halogens is 1. The summed E-state index contributed by atoms with van der Waals surface area (Å²) < 4.78 is 25.7. The van der Waals surface area contributed by atoms with E-state index < -0.39 is 0 Å². The molecular formula is C20H19FN6O3. The molecule has 0 aliphatic carbocycles. The van der Waals surface area contributed by atoms with Crippen molar-refractivity contribution in [2.75, 3.05) is 33.0 Å². The zero-order valence-corrected chi connectivity index (χ0v) is 16.1. The molecule has 1 fully saturated rings. The Hall–Kier alpha value is -3.53. The molecule has 1 saturated heterocycles. The third kappa shape index (κ3) is 3.57. The Balaban J connectivity index is 1.22. The molecule has 0 radical (unpaired) electrons. The Morgan fingerprint density at radius 3 is 2.70 bits per heavy atom. The molecule has 10 heteroatoms. The zero-order chi connectivity index (χ0) is 20.5. The number of fused-ring (bicyclic) bond motifs is 1. The van der Waals surface area contributed by atoms with Crippen LogP contribution in [-0.4, -0.2) is 68.9 Å². The molecule has 0 spiro atoms. The van der Waals surface area contributed by atoms with Crippen LogP contribution in [0.15, 0.2) is 42.5 Å². The van der Waals surface area contributed by atoms with Crippen LogP contribution in [0.25, 0.3) is 5.69 Å². The number of amides is 1. The standard InChI is InChI=1S/C20H19FN6O3/c21-15-2-1-3-16(11-15)27-19(22-23-24-27)12-25-6-8-26(9-7-25)20(28)14-4-5-17-18(10-14)30-13-29-17/h1-5,10-11H,6-9,12-13H2. The first kappa shape index (κ1) is 18.5. The van der Waals surface area contributed by atoms with Crippen LogP contribution in [0.2, 0.25) is 0 Å². The van der Waals surface area contributed by atoms with Crippen molar-refractivity contribution in [1.29, 1.82) is 0 Å². The van der Waals surface area contributed by atoms with E-state index in [2.05, 4.69) is 20.4 Å². The highest BCUT2D eigenvalue weighted by atomic mass is 19.1. The summed E-state index contributed by atoms with van der Waals surface area (Å²) in [7, 11) is 0. The number of benzene rings is 2. The molecule has 3 heterocycles. The Bertz CT molecular complexity index is 1080. The Labute approximate surface area is 171 Å². The van der Waals surface area contributed by atoms with E-state index >= 15 is 0 Å². The van der Waals surface area contributed by atoms with Crippen molar-refractivity contribution in [1.82, 2.24) is 30.0 Å². The van der Waals surface area contributed by atoms with Crippen molar-refractivity contribution in [2.45, 2.75) is 6.54 Å². The maximum atomic E-state index is 13.5. The van der Waals surface area contributed by atoms with E-state index in [9.17, 15) is 9.18 Å². The van der Waals surface area contributed by atoms with Gasteiger partial charge in [0.25, 0.3) is 5.91 Å². The topological polar surface area (TPSA) is 85.6 Å². The van der Waals surface area contributed by atoms with Gasteiger partial charge < -0.3 is 14.4 Å². The van der Waals surface area contributed by atoms with Gasteiger partial charge in [-0.1, -0.05) is 6.07 Å². The second-order valence-electron chi connectivity index (χ2n) is 7.12. The number of carbonyl (C=O) groups excluding carboxylic acids is 1. The molecule has 0 unspecified atom stereocenters. The van der Waals surface area contributed by atoms with E-state index in [0.717, 1.165) is 0 Å². The SMILES string of the molecule is O=C(c1ccc2c(c1)OCO2)N1CCN(Cc2nnnn2-c2cccc(F)c2)CC1. The number of carbonyl (C=O) groups is 1. The first-order valence-electron chi connectivity index (χ1n) is 9.62. The molecule has 2 aliphatic heterocycles. The van der Waals surface area contributed by atoms with E-state index in [4.69, 9.17) is 9.47 Å². The van der Waals surface area contributed by atoms with Gasteiger partial charge in [-0.25, -0.2) is 4.39 Å². The van der Waals surface area contributed by atoms with Crippen molar-refractivity contribution in [3.8, 4) is 17.2 Å². The smallest absolute Gasteiger partial charge is 0.254 e. The number of piperazine rings is 1. The van der Waals surface area contributed by atoms with E-state index in [-0.39, 0.29) is 18.5 Å². The fourth-order valence-electron chi connectivity index (χ4n) is 3.63. The summed E-state index contributed by atoms with van der Waals surface area (Å²) in [5.74, 6) is 1.51. The minimum Gasteiger partial charge on any atom is -0.454 e. The summed E-state index contributed by atoms with van der Waals surface area (Å²) in [6.07, 6.45) is 0. The van der Waals surface area contributed by atoms with Crippen molar-refractivity contribution in [3.63, 3.8) is 0 Å². The number of hydrogen-bond acceptors (Lipinski definition) is 7. The molecule has 0 bridgehead atoms. The van der Waals surface area contributed by atoms with Gasteiger partial charge >= 0.3 is 0 Å². The fraction of sp³-hybridized carbons (Fsp3) is 0.300. The highest BCUT2D eigenvalue weighted by Gasteiger charge is 2.25. The van der Waals surface area contributed by atoms with Crippen molar-refractivity contribution >= 4 is 5.91 Å². The van der Waals surface area contributed by atoms with Crippen LogP contribution in [0.3, 0.4) is 0 Å². The molecule has 3 aromatic rings. The van der Waals surface area contributed by atoms with Crippen LogP contribution in [0.5, 0.6) is 11.5 Å². The number of hydrogen-bond donors (Lipinski definition) is 0. The molecule has 5 rings (SSSR count). The maximum absolute atomic E-state index is 13.5.